The highest BCUT2D eigenvalue weighted by atomic mass is 19.4. The highest BCUT2D eigenvalue weighted by Gasteiger charge is 2.45. The topological polar surface area (TPSA) is 270 Å². The summed E-state index contributed by atoms with van der Waals surface area (Å²) in [6.07, 6.45) is -3.32. The van der Waals surface area contributed by atoms with Gasteiger partial charge in [0, 0.05) is 0 Å². The molecule has 4 N–H and O–H groups in total. The molecule has 20 nitrogen and oxygen atoms in total. The summed E-state index contributed by atoms with van der Waals surface area (Å²) < 4.78 is 91.3. The number of nitrogens with one attached hydrogen (secondary N) is 4. The van der Waals surface area contributed by atoms with Crippen molar-refractivity contribution in [2.45, 2.75) is 109 Å². The molecule has 4 aromatic carbocycles. The Hall–Kier alpha value is -9.14. The third kappa shape index (κ3) is 20.2. The number of rotatable bonds is 24. The minimum Gasteiger partial charge on any atom is -0.374 e. The van der Waals surface area contributed by atoms with Gasteiger partial charge in [0.05, 0.1) is 63.5 Å². The van der Waals surface area contributed by atoms with Crippen LogP contribution >= 0.6 is 0 Å². The van der Waals surface area contributed by atoms with Gasteiger partial charge >= 0.3 is 24.2 Å². The van der Waals surface area contributed by atoms with Crippen molar-refractivity contribution in [1.29, 1.82) is 10.5 Å². The Kier molecular flexibility index (Phi) is 24.1. The van der Waals surface area contributed by atoms with E-state index in [1.165, 1.54) is 9.36 Å². The molecule has 26 heteroatoms. The third-order valence-corrected chi connectivity index (χ3v) is 11.4. The highest BCUT2D eigenvalue weighted by Crippen LogP contribution is 2.25. The molecule has 4 amide bonds. The van der Waals surface area contributed by atoms with E-state index in [0.29, 0.717) is 0 Å². The molecular weight excluding hydrogens is 1070 g/mol. The van der Waals surface area contributed by atoms with Gasteiger partial charge in [-0.1, -0.05) is 153 Å². The van der Waals surface area contributed by atoms with Crippen LogP contribution in [0.25, 0.3) is 12.2 Å². The lowest BCUT2D eigenvalue weighted by Gasteiger charge is -2.28. The molecule has 2 heterocycles. The molecular formula is C55H60F6N14O6. The van der Waals surface area contributed by atoms with Crippen LogP contribution in [0.4, 0.5) is 26.3 Å². The van der Waals surface area contributed by atoms with E-state index < -0.39 is 71.2 Å². The third-order valence-electron chi connectivity index (χ3n) is 11.4. The standard InChI is InChI=1S/2C27H28F3N7O3.CH4/c2*1-26(2,33-25(39)27(28,29)30)24(38)32-22(18-40-17-20-11-7-4-8-12-20)23-34-35-36-37(23)21(15-16-31)14-13-19-9-5-3-6-10-19;/h2*3-14,21-22H,15,17-18H2,1-2H3,(H,32,38)(H,33,39);1H4/b2*14-13+;/t2*21?,22-;/m11./s1. The van der Waals surface area contributed by atoms with E-state index in [9.17, 15) is 56.0 Å². The quantitative estimate of drug-likeness (QED) is 0.0419. The first kappa shape index (κ1) is 64.4. The Morgan fingerprint density at radius 1 is 0.543 bits per heavy atom. The summed E-state index contributed by atoms with van der Waals surface area (Å²) in [5.41, 5.74) is -0.448. The second kappa shape index (κ2) is 30.3. The van der Waals surface area contributed by atoms with Crippen LogP contribution in [-0.2, 0) is 41.9 Å². The fraction of sp³-hybridized carbons (Fsp3) is 0.345. The van der Waals surface area contributed by atoms with Crippen molar-refractivity contribution in [3.63, 3.8) is 0 Å². The zero-order valence-electron chi connectivity index (χ0n) is 43.6. The van der Waals surface area contributed by atoms with Crippen LogP contribution < -0.4 is 21.3 Å². The van der Waals surface area contributed by atoms with E-state index in [1.807, 2.05) is 121 Å². The average Bonchev–Trinajstić information content (AvgIpc) is 4.21. The molecule has 6 rings (SSSR count). The van der Waals surface area contributed by atoms with E-state index in [1.54, 1.807) is 34.9 Å². The van der Waals surface area contributed by atoms with Crippen LogP contribution in [0.1, 0.15) is 106 Å². The molecule has 81 heavy (non-hydrogen) atoms. The molecule has 0 bridgehead atoms. The van der Waals surface area contributed by atoms with Gasteiger partial charge in [0.1, 0.15) is 23.2 Å². The molecule has 0 saturated carbocycles. The predicted octanol–water partition coefficient (Wildman–Crippen LogP) is 7.98. The van der Waals surface area contributed by atoms with E-state index in [-0.39, 0.29) is 58.3 Å². The summed E-state index contributed by atoms with van der Waals surface area (Å²) in [5, 5.41) is 51.0. The smallest absolute Gasteiger partial charge is 0.374 e. The zero-order valence-corrected chi connectivity index (χ0v) is 43.6. The molecule has 428 valence electrons. The molecule has 0 fully saturated rings. The van der Waals surface area contributed by atoms with Crippen molar-refractivity contribution in [3.8, 4) is 12.1 Å². The van der Waals surface area contributed by atoms with Gasteiger partial charge in [0.2, 0.25) is 11.8 Å². The number of nitriles is 2. The lowest BCUT2D eigenvalue weighted by Crippen LogP contribution is -2.58. The maximum absolute atomic E-state index is 13.1. The first-order valence-corrected chi connectivity index (χ1v) is 24.4. The second-order valence-corrected chi connectivity index (χ2v) is 18.6. The molecule has 0 radical (unpaired) electrons. The van der Waals surface area contributed by atoms with Crippen molar-refractivity contribution in [3.05, 3.63) is 167 Å². The van der Waals surface area contributed by atoms with Gasteiger partial charge in [0.15, 0.2) is 11.6 Å². The fourth-order valence-corrected chi connectivity index (χ4v) is 7.16. The summed E-state index contributed by atoms with van der Waals surface area (Å²) in [6.45, 7) is 4.56. The van der Waals surface area contributed by atoms with Gasteiger partial charge in [-0.2, -0.15) is 36.9 Å². The number of amides is 4. The van der Waals surface area contributed by atoms with Crippen molar-refractivity contribution >= 4 is 35.8 Å². The normalized spacial score (nSPS) is 13.2. The number of hydrogen-bond acceptors (Lipinski definition) is 14. The summed E-state index contributed by atoms with van der Waals surface area (Å²) in [4.78, 5) is 49.2. The first-order chi connectivity index (χ1) is 38.0. The lowest BCUT2D eigenvalue weighted by atomic mass is 10.0. The van der Waals surface area contributed by atoms with E-state index in [0.717, 1.165) is 49.9 Å². The number of ether oxygens (including phenoxy) is 2. The van der Waals surface area contributed by atoms with Crippen LogP contribution in [0.2, 0.25) is 0 Å². The predicted molar refractivity (Wildman–Crippen MR) is 282 cm³/mol. The number of hydrogen-bond donors (Lipinski definition) is 4. The summed E-state index contributed by atoms with van der Waals surface area (Å²) in [6, 6.07) is 37.8. The first-order valence-electron chi connectivity index (χ1n) is 24.4. The number of aromatic nitrogens is 8. The Morgan fingerprint density at radius 2 is 0.864 bits per heavy atom. The minimum absolute atomic E-state index is 0. The number of benzene rings is 4. The van der Waals surface area contributed by atoms with Crippen molar-refractivity contribution < 1.29 is 55.0 Å². The molecule has 0 aliphatic rings. The van der Waals surface area contributed by atoms with Crippen LogP contribution in [0.15, 0.2) is 133 Å². The maximum Gasteiger partial charge on any atom is 0.471 e. The molecule has 0 aliphatic carbocycles. The molecule has 0 aliphatic heterocycles. The Bertz CT molecular complexity index is 2880. The number of carbonyl (C=O) groups is 4. The lowest BCUT2D eigenvalue weighted by molar-refractivity contribution is -0.176. The van der Waals surface area contributed by atoms with E-state index >= 15 is 0 Å². The summed E-state index contributed by atoms with van der Waals surface area (Å²) >= 11 is 0. The second-order valence-electron chi connectivity index (χ2n) is 18.6. The SMILES string of the molecule is C.CC(C)(NC(=O)C(F)(F)F)C(=O)N[C@H](COCc1ccccc1)c1nnnn1C(/C=C/c1ccccc1)CC#N.CC(C)(NC(=O)C(F)(F)F)C(=O)N[C@H](COCc1ccccc1)c1nnnn1C(/C=C/c1ccccc1)CC#N. The number of allylic oxidation sites excluding steroid dienone is 2. The highest BCUT2D eigenvalue weighted by molar-refractivity contribution is 5.93. The monoisotopic (exact) mass is 1130 g/mol. The number of carbonyl (C=O) groups excluding carboxylic acids is 4. The van der Waals surface area contributed by atoms with Crippen LogP contribution in [0.3, 0.4) is 0 Å². The number of nitrogens with zero attached hydrogens (tertiary/aromatic N) is 10. The van der Waals surface area contributed by atoms with Crippen molar-refractivity contribution in [2.24, 2.45) is 0 Å². The Balaban J connectivity index is 0.000000344. The van der Waals surface area contributed by atoms with Gasteiger partial charge < -0.3 is 30.7 Å². The number of alkyl halides is 6. The van der Waals surface area contributed by atoms with E-state index in [2.05, 4.69) is 53.8 Å². The van der Waals surface area contributed by atoms with E-state index in [4.69, 9.17) is 9.47 Å². The van der Waals surface area contributed by atoms with Gasteiger partial charge in [-0.15, -0.1) is 10.2 Å². The Labute approximate surface area is 463 Å². The number of tetrazole rings is 2. The Morgan fingerprint density at radius 3 is 1.17 bits per heavy atom. The average molecular weight is 1130 g/mol. The fourth-order valence-electron chi connectivity index (χ4n) is 7.16. The van der Waals surface area contributed by atoms with Gasteiger partial charge in [-0.05, 0) is 70.8 Å². The molecule has 0 saturated heterocycles. The summed E-state index contributed by atoms with van der Waals surface area (Å²) in [7, 11) is 0. The zero-order chi connectivity index (χ0) is 58.4. The van der Waals surface area contributed by atoms with Gasteiger partial charge in [0.25, 0.3) is 0 Å². The summed E-state index contributed by atoms with van der Waals surface area (Å²) in [5.74, 6) is -6.15. The molecule has 2 aromatic heterocycles. The molecule has 2 unspecified atom stereocenters. The molecule has 0 spiro atoms. The minimum atomic E-state index is -5.17. The number of halogens is 6. The van der Waals surface area contributed by atoms with Gasteiger partial charge in [-0.3, -0.25) is 19.2 Å². The van der Waals surface area contributed by atoms with Crippen LogP contribution in [-0.4, -0.2) is 101 Å². The van der Waals surface area contributed by atoms with Crippen molar-refractivity contribution in [1.82, 2.24) is 61.7 Å². The van der Waals surface area contributed by atoms with Crippen LogP contribution in [0.5, 0.6) is 0 Å². The van der Waals surface area contributed by atoms with Crippen molar-refractivity contribution in [2.75, 3.05) is 13.2 Å². The largest absolute Gasteiger partial charge is 0.471 e. The molecule has 6 aromatic rings. The maximum atomic E-state index is 13.1. The molecule has 4 atom stereocenters. The van der Waals surface area contributed by atoms with Gasteiger partial charge in [-0.25, -0.2) is 9.36 Å². The van der Waals surface area contributed by atoms with Crippen LogP contribution in [0, 0.1) is 22.7 Å².